The Morgan fingerprint density at radius 3 is 2.61 bits per heavy atom. The van der Waals surface area contributed by atoms with Gasteiger partial charge in [-0.05, 0) is 25.2 Å². The summed E-state index contributed by atoms with van der Waals surface area (Å²) in [4.78, 5) is 15.5. The Balaban J connectivity index is 1.67. The maximum atomic E-state index is 11.1. The highest BCUT2D eigenvalue weighted by atomic mass is 16.4. The Kier molecular flexibility index (Phi) is 3.10. The molecule has 4 nitrogen and oxygen atoms in total. The lowest BCUT2D eigenvalue weighted by Crippen LogP contribution is -1.98. The summed E-state index contributed by atoms with van der Waals surface area (Å²) in [6, 6.07) is 0. The summed E-state index contributed by atoms with van der Waals surface area (Å²) < 4.78 is 5.43. The summed E-state index contributed by atoms with van der Waals surface area (Å²) in [5.74, 6) is 0.853. The molecule has 18 heavy (non-hydrogen) atoms. The average Bonchev–Trinajstić information content (AvgIpc) is 2.91. The van der Waals surface area contributed by atoms with Crippen LogP contribution in [0.25, 0.3) is 0 Å². The molecule has 1 aromatic heterocycles. The van der Waals surface area contributed by atoms with Gasteiger partial charge in [-0.3, -0.25) is 0 Å². The third kappa shape index (κ3) is 2.42. The molecule has 4 heteroatoms. The van der Waals surface area contributed by atoms with E-state index in [0.717, 1.165) is 31.6 Å². The second kappa shape index (κ2) is 4.75. The molecule has 0 bridgehead atoms. The number of aromatic carboxylic acids is 1. The van der Waals surface area contributed by atoms with E-state index in [4.69, 9.17) is 9.52 Å². The van der Waals surface area contributed by atoms with Crippen LogP contribution in [0.5, 0.6) is 0 Å². The van der Waals surface area contributed by atoms with Crippen molar-refractivity contribution in [3.05, 3.63) is 17.3 Å². The van der Waals surface area contributed by atoms with Crippen molar-refractivity contribution in [2.75, 3.05) is 0 Å². The molecule has 98 valence electrons. The highest BCUT2D eigenvalue weighted by molar-refractivity contribution is 5.85. The van der Waals surface area contributed by atoms with Gasteiger partial charge in [0.2, 0.25) is 5.76 Å². The molecule has 2 fully saturated rings. The zero-order chi connectivity index (χ0) is 12.5. The third-order valence-electron chi connectivity index (χ3n) is 4.10. The summed E-state index contributed by atoms with van der Waals surface area (Å²) in [6.45, 7) is 0. The Morgan fingerprint density at radius 1 is 1.28 bits per heavy atom. The topological polar surface area (TPSA) is 63.3 Å². The molecule has 1 heterocycles. The lowest BCUT2D eigenvalue weighted by Gasteiger charge is -2.05. The molecule has 1 N–H and O–H groups in total. The molecular formula is C14H19NO3. The number of carboxylic acid groups (broad SMARTS) is 1. The zero-order valence-corrected chi connectivity index (χ0v) is 10.5. The van der Waals surface area contributed by atoms with Gasteiger partial charge >= 0.3 is 5.97 Å². The number of hydrogen-bond acceptors (Lipinski definition) is 3. The predicted octanol–water partition coefficient (Wildman–Crippen LogP) is 3.37. The van der Waals surface area contributed by atoms with Crippen LogP contribution in [0.15, 0.2) is 4.42 Å². The molecule has 0 aromatic carbocycles. The molecule has 2 aliphatic rings. The van der Waals surface area contributed by atoms with E-state index < -0.39 is 5.97 Å². The molecule has 0 radical (unpaired) electrons. The molecule has 0 saturated heterocycles. The predicted molar refractivity (Wildman–Crippen MR) is 65.7 cm³/mol. The maximum absolute atomic E-state index is 11.1. The van der Waals surface area contributed by atoms with Crippen molar-refractivity contribution < 1.29 is 14.3 Å². The van der Waals surface area contributed by atoms with Gasteiger partial charge < -0.3 is 9.52 Å². The lowest BCUT2D eigenvalue weighted by molar-refractivity contribution is 0.0658. The SMILES string of the molecule is O=C(O)c1oc(CCC2CCCC2)nc1C1CC1. The number of nitrogens with zero attached hydrogens (tertiary/aromatic N) is 1. The van der Waals surface area contributed by atoms with Gasteiger partial charge in [0.15, 0.2) is 5.89 Å². The van der Waals surface area contributed by atoms with Crippen molar-refractivity contribution in [2.24, 2.45) is 5.92 Å². The summed E-state index contributed by atoms with van der Waals surface area (Å²) in [6.07, 6.45) is 9.27. The van der Waals surface area contributed by atoms with Crippen LogP contribution in [0.4, 0.5) is 0 Å². The molecule has 1 aromatic rings. The quantitative estimate of drug-likeness (QED) is 0.869. The first-order valence-electron chi connectivity index (χ1n) is 6.97. The van der Waals surface area contributed by atoms with Gasteiger partial charge in [-0.1, -0.05) is 25.7 Å². The smallest absolute Gasteiger partial charge is 0.373 e. The molecule has 3 rings (SSSR count). The van der Waals surface area contributed by atoms with E-state index in [1.807, 2.05) is 0 Å². The Hall–Kier alpha value is -1.32. The van der Waals surface area contributed by atoms with E-state index in [-0.39, 0.29) is 5.76 Å². The fraction of sp³-hybridized carbons (Fsp3) is 0.714. The third-order valence-corrected chi connectivity index (χ3v) is 4.10. The maximum Gasteiger partial charge on any atom is 0.373 e. The Bertz CT molecular complexity index is 442. The van der Waals surface area contributed by atoms with E-state index in [1.165, 1.54) is 25.7 Å². The van der Waals surface area contributed by atoms with Crippen LogP contribution in [-0.2, 0) is 6.42 Å². The summed E-state index contributed by atoms with van der Waals surface area (Å²) >= 11 is 0. The first kappa shape index (κ1) is 11.8. The first-order valence-corrected chi connectivity index (χ1v) is 6.97. The minimum absolute atomic E-state index is 0.0823. The van der Waals surface area contributed by atoms with E-state index in [2.05, 4.69) is 4.98 Å². The van der Waals surface area contributed by atoms with Crippen LogP contribution in [0.1, 0.15) is 73.0 Å². The van der Waals surface area contributed by atoms with Gasteiger partial charge in [-0.15, -0.1) is 0 Å². The van der Waals surface area contributed by atoms with Crippen LogP contribution >= 0.6 is 0 Å². The van der Waals surface area contributed by atoms with Crippen LogP contribution in [0.2, 0.25) is 0 Å². The van der Waals surface area contributed by atoms with Crippen molar-refractivity contribution in [1.82, 2.24) is 4.98 Å². The van der Waals surface area contributed by atoms with Gasteiger partial charge in [0.05, 0.1) is 5.69 Å². The molecule has 0 atom stereocenters. The van der Waals surface area contributed by atoms with E-state index >= 15 is 0 Å². The highest BCUT2D eigenvalue weighted by Gasteiger charge is 2.33. The second-order valence-electron chi connectivity index (χ2n) is 5.59. The molecule has 0 unspecified atom stereocenters. The van der Waals surface area contributed by atoms with Gasteiger partial charge in [-0.2, -0.15) is 0 Å². The Labute approximate surface area is 106 Å². The monoisotopic (exact) mass is 249 g/mol. The number of carbonyl (C=O) groups is 1. The Morgan fingerprint density at radius 2 is 2.00 bits per heavy atom. The van der Waals surface area contributed by atoms with Crippen molar-refractivity contribution in [3.63, 3.8) is 0 Å². The number of aryl methyl sites for hydroxylation is 1. The second-order valence-corrected chi connectivity index (χ2v) is 5.59. The van der Waals surface area contributed by atoms with Crippen molar-refractivity contribution >= 4 is 5.97 Å². The van der Waals surface area contributed by atoms with E-state index in [9.17, 15) is 4.79 Å². The van der Waals surface area contributed by atoms with Gasteiger partial charge in [-0.25, -0.2) is 9.78 Å². The largest absolute Gasteiger partial charge is 0.475 e. The van der Waals surface area contributed by atoms with Crippen LogP contribution < -0.4 is 0 Å². The highest BCUT2D eigenvalue weighted by Crippen LogP contribution is 2.41. The molecule has 2 saturated carbocycles. The molecule has 2 aliphatic carbocycles. The fourth-order valence-electron chi connectivity index (χ4n) is 2.90. The lowest BCUT2D eigenvalue weighted by atomic mass is 10.0. The zero-order valence-electron chi connectivity index (χ0n) is 10.5. The van der Waals surface area contributed by atoms with Crippen LogP contribution in [0.3, 0.4) is 0 Å². The minimum Gasteiger partial charge on any atom is -0.475 e. The minimum atomic E-state index is -0.975. The van der Waals surface area contributed by atoms with Gasteiger partial charge in [0.25, 0.3) is 0 Å². The van der Waals surface area contributed by atoms with Crippen LogP contribution in [0, 0.1) is 5.92 Å². The van der Waals surface area contributed by atoms with Gasteiger partial charge in [0, 0.05) is 12.3 Å². The number of carboxylic acids is 1. The summed E-state index contributed by atoms with van der Waals surface area (Å²) in [5, 5.41) is 9.10. The first-order chi connectivity index (χ1) is 8.74. The van der Waals surface area contributed by atoms with Crippen molar-refractivity contribution in [2.45, 2.75) is 57.3 Å². The van der Waals surface area contributed by atoms with E-state index in [1.54, 1.807) is 0 Å². The number of hydrogen-bond donors (Lipinski definition) is 1. The standard InChI is InChI=1S/C14H19NO3/c16-14(17)13-12(10-6-7-10)15-11(18-13)8-5-9-3-1-2-4-9/h9-10H,1-8H2,(H,16,17). The van der Waals surface area contributed by atoms with Crippen LogP contribution in [-0.4, -0.2) is 16.1 Å². The average molecular weight is 249 g/mol. The molecule has 0 spiro atoms. The number of aromatic nitrogens is 1. The van der Waals surface area contributed by atoms with E-state index in [0.29, 0.717) is 17.5 Å². The number of rotatable bonds is 5. The fourth-order valence-corrected chi connectivity index (χ4v) is 2.90. The number of oxazole rings is 1. The molecule has 0 amide bonds. The molecular weight excluding hydrogens is 230 g/mol. The van der Waals surface area contributed by atoms with Crippen molar-refractivity contribution in [3.8, 4) is 0 Å². The van der Waals surface area contributed by atoms with Crippen molar-refractivity contribution in [1.29, 1.82) is 0 Å². The summed E-state index contributed by atoms with van der Waals surface area (Å²) in [7, 11) is 0. The molecule has 0 aliphatic heterocycles. The van der Waals surface area contributed by atoms with Gasteiger partial charge in [0.1, 0.15) is 0 Å². The summed E-state index contributed by atoms with van der Waals surface area (Å²) in [5.41, 5.74) is 0.684. The normalized spacial score (nSPS) is 20.4.